The summed E-state index contributed by atoms with van der Waals surface area (Å²) < 4.78 is 39.7. The third kappa shape index (κ3) is 4.56. The molecular weight excluding hydrogens is 411 g/mol. The topological polar surface area (TPSA) is 119 Å². The number of carbonyl (C=O) groups is 1. The van der Waals surface area contributed by atoms with Crippen LogP contribution in [0, 0.1) is 12.7 Å². The zero-order valence-corrected chi connectivity index (χ0v) is 17.2. The second-order valence-electron chi connectivity index (χ2n) is 6.83. The number of hydrogen-bond acceptors (Lipinski definition) is 5. The molecule has 0 saturated carbocycles. The molecule has 0 fully saturated rings. The quantitative estimate of drug-likeness (QED) is 0.458. The molecule has 0 unspecified atom stereocenters. The van der Waals surface area contributed by atoms with Crippen molar-refractivity contribution in [2.24, 2.45) is 5.14 Å². The van der Waals surface area contributed by atoms with E-state index in [-0.39, 0.29) is 23.4 Å². The highest BCUT2D eigenvalue weighted by molar-refractivity contribution is 7.89. The fraction of sp³-hybridized carbons (Fsp3) is 0.200. The van der Waals surface area contributed by atoms with Crippen LogP contribution in [-0.4, -0.2) is 41.4 Å². The largest absolute Gasteiger partial charge is 0.286 e. The van der Waals surface area contributed by atoms with Gasteiger partial charge in [-0.05, 0) is 36.8 Å². The van der Waals surface area contributed by atoms with Crippen molar-refractivity contribution in [3.05, 3.63) is 65.6 Å². The van der Waals surface area contributed by atoms with Crippen molar-refractivity contribution in [1.82, 2.24) is 14.8 Å². The van der Waals surface area contributed by atoms with Gasteiger partial charge in [-0.3, -0.25) is 10.0 Å². The van der Waals surface area contributed by atoms with Crippen LogP contribution in [0.1, 0.15) is 17.7 Å². The number of amides is 1. The minimum Gasteiger partial charge on any atom is -0.286 e. The number of hydroxylamine groups is 2. The van der Waals surface area contributed by atoms with E-state index < -0.39 is 21.7 Å². The van der Waals surface area contributed by atoms with Crippen LogP contribution >= 0.6 is 0 Å². The van der Waals surface area contributed by atoms with E-state index >= 15 is 0 Å². The smallest absolute Gasteiger partial charge is 0.246 e. The Morgan fingerprint density at radius 1 is 1.23 bits per heavy atom. The van der Waals surface area contributed by atoms with E-state index in [2.05, 4.69) is 5.10 Å². The van der Waals surface area contributed by atoms with Gasteiger partial charge in [0.05, 0.1) is 17.1 Å². The van der Waals surface area contributed by atoms with E-state index in [0.717, 1.165) is 0 Å². The normalized spacial score (nSPS) is 11.5. The highest BCUT2D eigenvalue weighted by atomic mass is 32.2. The molecule has 3 rings (SSSR count). The molecule has 0 saturated heterocycles. The zero-order chi connectivity index (χ0) is 22.1. The maximum atomic E-state index is 14.2. The first kappa shape index (κ1) is 21.6. The first-order chi connectivity index (χ1) is 14.1. The summed E-state index contributed by atoms with van der Waals surface area (Å²) in [7, 11) is -2.83. The number of aromatic nitrogens is 2. The Morgan fingerprint density at radius 2 is 1.93 bits per heavy atom. The highest BCUT2D eigenvalue weighted by Crippen LogP contribution is 2.29. The molecule has 0 bridgehead atoms. The number of carbonyl (C=O) groups excluding carboxylic acids is 1. The van der Waals surface area contributed by atoms with Gasteiger partial charge in [-0.2, -0.15) is 5.10 Å². The van der Waals surface area contributed by atoms with Crippen LogP contribution in [0.3, 0.4) is 0 Å². The van der Waals surface area contributed by atoms with Gasteiger partial charge in [0.15, 0.2) is 0 Å². The Kier molecular flexibility index (Phi) is 6.01. The second kappa shape index (κ2) is 8.34. The molecule has 0 aliphatic carbocycles. The summed E-state index contributed by atoms with van der Waals surface area (Å²) in [5.74, 6) is -0.920. The zero-order valence-electron chi connectivity index (χ0n) is 16.4. The van der Waals surface area contributed by atoms with Crippen LogP contribution in [0.4, 0.5) is 4.39 Å². The van der Waals surface area contributed by atoms with Crippen LogP contribution in [0.15, 0.2) is 53.4 Å². The standard InChI is InChI=1S/C20H21FN4O4S/c1-13-7-8-14(11-16(13)21)18-12-15(9-10-20(26)24(2)27)23-25(18)17-5-3-4-6-19(17)30(22,28)29/h3-8,11-12,27H,9-10H2,1-2H3,(H2,22,28,29). The van der Waals surface area contributed by atoms with Crippen LogP contribution in [-0.2, 0) is 21.2 Å². The summed E-state index contributed by atoms with van der Waals surface area (Å²) in [6.45, 7) is 1.63. The van der Waals surface area contributed by atoms with E-state index in [9.17, 15) is 22.8 Å². The molecule has 1 heterocycles. The van der Waals surface area contributed by atoms with Crippen LogP contribution in [0.2, 0.25) is 0 Å². The molecule has 1 amide bonds. The Hall–Kier alpha value is -3.08. The first-order valence-electron chi connectivity index (χ1n) is 9.01. The molecule has 0 aliphatic heterocycles. The predicted molar refractivity (Wildman–Crippen MR) is 108 cm³/mol. The number of hydrogen-bond donors (Lipinski definition) is 2. The first-order valence-corrected chi connectivity index (χ1v) is 10.6. The Labute approximate surface area is 173 Å². The number of nitrogens with two attached hydrogens (primary N) is 1. The van der Waals surface area contributed by atoms with Crippen molar-refractivity contribution >= 4 is 15.9 Å². The van der Waals surface area contributed by atoms with E-state index in [1.807, 2.05) is 0 Å². The lowest BCUT2D eigenvalue weighted by atomic mass is 10.1. The summed E-state index contributed by atoms with van der Waals surface area (Å²) in [6, 6.07) is 12.4. The SMILES string of the molecule is Cc1ccc(-c2cc(CCC(=O)N(C)O)nn2-c2ccccc2S(N)(=O)=O)cc1F. The van der Waals surface area contributed by atoms with Gasteiger partial charge in [0.1, 0.15) is 10.7 Å². The third-order valence-electron chi connectivity index (χ3n) is 4.58. The van der Waals surface area contributed by atoms with Crippen molar-refractivity contribution in [3.63, 3.8) is 0 Å². The minimum atomic E-state index is -4.05. The predicted octanol–water partition coefficient (Wildman–Crippen LogP) is 2.41. The van der Waals surface area contributed by atoms with Crippen molar-refractivity contribution in [3.8, 4) is 16.9 Å². The third-order valence-corrected chi connectivity index (χ3v) is 5.54. The van der Waals surface area contributed by atoms with Crippen molar-refractivity contribution < 1.29 is 22.8 Å². The van der Waals surface area contributed by atoms with Gasteiger partial charge < -0.3 is 0 Å². The number of rotatable bonds is 6. The summed E-state index contributed by atoms with van der Waals surface area (Å²) in [4.78, 5) is 11.6. The van der Waals surface area contributed by atoms with E-state index in [0.29, 0.717) is 27.6 Å². The molecule has 1 aromatic heterocycles. The monoisotopic (exact) mass is 432 g/mol. The van der Waals surface area contributed by atoms with Gasteiger partial charge in [0, 0.05) is 25.5 Å². The number of aryl methyl sites for hydroxylation is 2. The lowest BCUT2D eigenvalue weighted by Gasteiger charge is -2.12. The summed E-state index contributed by atoms with van der Waals surface area (Å²) in [5.41, 5.74) is 2.04. The molecule has 2 aromatic carbocycles. The minimum absolute atomic E-state index is 0.0114. The van der Waals surface area contributed by atoms with Crippen LogP contribution in [0.25, 0.3) is 16.9 Å². The molecular formula is C20H21FN4O4S. The molecule has 0 atom stereocenters. The molecule has 8 nitrogen and oxygen atoms in total. The number of benzene rings is 2. The average molecular weight is 432 g/mol. The second-order valence-corrected chi connectivity index (χ2v) is 8.36. The van der Waals surface area contributed by atoms with Crippen molar-refractivity contribution in [2.75, 3.05) is 7.05 Å². The summed E-state index contributed by atoms with van der Waals surface area (Å²) in [6.07, 6.45) is 0.179. The molecule has 10 heteroatoms. The molecule has 3 N–H and O–H groups in total. The number of para-hydroxylation sites is 1. The number of nitrogens with zero attached hydrogens (tertiary/aromatic N) is 3. The lowest BCUT2D eigenvalue weighted by molar-refractivity contribution is -0.159. The fourth-order valence-corrected chi connectivity index (χ4v) is 3.68. The average Bonchev–Trinajstić information content (AvgIpc) is 3.11. The van der Waals surface area contributed by atoms with Gasteiger partial charge in [0.25, 0.3) is 0 Å². The Bertz CT molecular complexity index is 1210. The highest BCUT2D eigenvalue weighted by Gasteiger charge is 2.20. The van der Waals surface area contributed by atoms with E-state index in [1.54, 1.807) is 31.2 Å². The van der Waals surface area contributed by atoms with Crippen molar-refractivity contribution in [1.29, 1.82) is 0 Å². The van der Waals surface area contributed by atoms with Crippen LogP contribution in [0.5, 0.6) is 0 Å². The summed E-state index contributed by atoms with van der Waals surface area (Å²) in [5, 5.41) is 19.5. The molecule has 158 valence electrons. The van der Waals surface area contributed by atoms with Gasteiger partial charge in [-0.25, -0.2) is 27.7 Å². The maximum Gasteiger partial charge on any atom is 0.246 e. The molecule has 0 spiro atoms. The number of primary sulfonamides is 1. The fourth-order valence-electron chi connectivity index (χ4n) is 2.96. The molecule has 30 heavy (non-hydrogen) atoms. The van der Waals surface area contributed by atoms with Gasteiger partial charge in [0.2, 0.25) is 15.9 Å². The summed E-state index contributed by atoms with van der Waals surface area (Å²) >= 11 is 0. The Balaban J connectivity index is 2.16. The molecule has 0 aliphatic rings. The number of halogens is 1. The molecule has 3 aromatic rings. The van der Waals surface area contributed by atoms with E-state index in [1.165, 1.54) is 36.0 Å². The van der Waals surface area contributed by atoms with Crippen LogP contribution < -0.4 is 5.14 Å². The van der Waals surface area contributed by atoms with E-state index in [4.69, 9.17) is 5.14 Å². The maximum absolute atomic E-state index is 14.2. The van der Waals surface area contributed by atoms with Gasteiger partial charge in [-0.15, -0.1) is 0 Å². The lowest BCUT2D eigenvalue weighted by Crippen LogP contribution is -2.22. The number of sulfonamides is 1. The van der Waals surface area contributed by atoms with Gasteiger partial charge in [-0.1, -0.05) is 24.3 Å². The van der Waals surface area contributed by atoms with Gasteiger partial charge >= 0.3 is 0 Å². The van der Waals surface area contributed by atoms with Crippen molar-refractivity contribution in [2.45, 2.75) is 24.7 Å². The molecule has 0 radical (unpaired) electrons. The Morgan fingerprint density at radius 3 is 2.57 bits per heavy atom.